The molecule has 0 saturated carbocycles. The molecular formula is C52H37N. The van der Waals surface area contributed by atoms with Crippen molar-refractivity contribution >= 4 is 27.8 Å². The molecule has 0 amide bonds. The lowest BCUT2D eigenvalue weighted by atomic mass is 9.93. The fourth-order valence-corrected chi connectivity index (χ4v) is 7.49. The second-order valence-electron chi connectivity index (χ2n) is 13.3. The van der Waals surface area contributed by atoms with Gasteiger partial charge in [-0.15, -0.1) is 0 Å². The fourth-order valence-electron chi connectivity index (χ4n) is 7.49. The monoisotopic (exact) mass is 675 g/mol. The number of benzene rings is 9. The molecule has 250 valence electrons. The van der Waals surface area contributed by atoms with Crippen LogP contribution in [0.25, 0.3) is 66.4 Å². The number of para-hydroxylation sites is 1. The summed E-state index contributed by atoms with van der Waals surface area (Å²) in [5.41, 5.74) is 15.3. The first-order chi connectivity index (χ1) is 26.3. The van der Waals surface area contributed by atoms with Crippen LogP contribution in [0.2, 0.25) is 0 Å². The highest BCUT2D eigenvalue weighted by Crippen LogP contribution is 2.44. The average Bonchev–Trinajstić information content (AvgIpc) is 3.25. The van der Waals surface area contributed by atoms with E-state index < -0.39 is 0 Å². The molecule has 0 aliphatic heterocycles. The molecule has 0 unspecified atom stereocenters. The summed E-state index contributed by atoms with van der Waals surface area (Å²) in [4.78, 5) is 2.39. The van der Waals surface area contributed by atoms with Gasteiger partial charge in [0, 0.05) is 16.9 Å². The predicted octanol–water partition coefficient (Wildman–Crippen LogP) is 14.6. The highest BCUT2D eigenvalue weighted by atomic mass is 15.1. The standard InChI is InChI=1S/C52H37N/c1-3-15-38(16-4-1)39-29-33-45(34-30-39)53(52-28-12-11-26-51(52)50-25-10-9-24-48(50)41-17-5-2-6-18-41)46-35-31-40(32-36-46)43-21-13-22-44(37-43)49-27-14-20-42-19-7-8-23-47(42)49/h1-37H. The van der Waals surface area contributed by atoms with Crippen molar-refractivity contribution in [3.05, 3.63) is 224 Å². The van der Waals surface area contributed by atoms with Gasteiger partial charge >= 0.3 is 0 Å². The van der Waals surface area contributed by atoms with Crippen LogP contribution in [-0.2, 0) is 0 Å². The first-order valence-corrected chi connectivity index (χ1v) is 18.2. The second-order valence-corrected chi connectivity index (χ2v) is 13.3. The molecule has 0 fully saturated rings. The van der Waals surface area contributed by atoms with Crippen LogP contribution in [0.1, 0.15) is 0 Å². The summed E-state index contributed by atoms with van der Waals surface area (Å²) in [6.45, 7) is 0. The van der Waals surface area contributed by atoms with Gasteiger partial charge in [-0.05, 0) is 97.2 Å². The molecule has 0 bridgehead atoms. The maximum absolute atomic E-state index is 2.39. The van der Waals surface area contributed by atoms with Crippen molar-refractivity contribution in [3.63, 3.8) is 0 Å². The maximum Gasteiger partial charge on any atom is 0.0540 e. The van der Waals surface area contributed by atoms with Crippen LogP contribution in [0.3, 0.4) is 0 Å². The third kappa shape index (κ3) is 6.42. The van der Waals surface area contributed by atoms with E-state index in [4.69, 9.17) is 0 Å². The van der Waals surface area contributed by atoms with E-state index in [0.717, 1.165) is 17.1 Å². The van der Waals surface area contributed by atoms with Gasteiger partial charge in [0.05, 0.1) is 5.69 Å². The Morgan fingerprint density at radius 3 is 1.42 bits per heavy atom. The Morgan fingerprint density at radius 1 is 0.245 bits per heavy atom. The summed E-state index contributed by atoms with van der Waals surface area (Å²) < 4.78 is 0. The van der Waals surface area contributed by atoms with Crippen molar-refractivity contribution in [2.75, 3.05) is 4.90 Å². The Labute approximate surface area is 311 Å². The van der Waals surface area contributed by atoms with Gasteiger partial charge < -0.3 is 4.90 Å². The molecule has 1 nitrogen and oxygen atoms in total. The largest absolute Gasteiger partial charge is 0.310 e. The van der Waals surface area contributed by atoms with Gasteiger partial charge in [-0.3, -0.25) is 0 Å². The summed E-state index contributed by atoms with van der Waals surface area (Å²) in [5, 5.41) is 2.52. The predicted molar refractivity (Wildman–Crippen MR) is 226 cm³/mol. The van der Waals surface area contributed by atoms with Crippen LogP contribution in [0.5, 0.6) is 0 Å². The van der Waals surface area contributed by atoms with Gasteiger partial charge in [0.1, 0.15) is 0 Å². The van der Waals surface area contributed by atoms with Crippen molar-refractivity contribution in [3.8, 4) is 55.6 Å². The van der Waals surface area contributed by atoms with Gasteiger partial charge in [-0.25, -0.2) is 0 Å². The molecular weight excluding hydrogens is 639 g/mol. The normalized spacial score (nSPS) is 11.0. The molecule has 0 saturated heterocycles. The summed E-state index contributed by atoms with van der Waals surface area (Å²) in [6.07, 6.45) is 0. The molecule has 0 aliphatic rings. The van der Waals surface area contributed by atoms with Gasteiger partial charge in [-0.2, -0.15) is 0 Å². The van der Waals surface area contributed by atoms with E-state index in [1.165, 1.54) is 66.4 Å². The Hall–Kier alpha value is -6.96. The first kappa shape index (κ1) is 32.0. The summed E-state index contributed by atoms with van der Waals surface area (Å²) in [6, 6.07) is 80.8. The molecule has 0 radical (unpaired) electrons. The van der Waals surface area contributed by atoms with E-state index in [1.807, 2.05) is 0 Å². The highest BCUT2D eigenvalue weighted by Gasteiger charge is 2.19. The van der Waals surface area contributed by atoms with Crippen LogP contribution in [-0.4, -0.2) is 0 Å². The highest BCUT2D eigenvalue weighted by molar-refractivity contribution is 5.98. The minimum Gasteiger partial charge on any atom is -0.310 e. The molecule has 0 aliphatic carbocycles. The van der Waals surface area contributed by atoms with E-state index >= 15 is 0 Å². The van der Waals surface area contributed by atoms with E-state index in [2.05, 4.69) is 229 Å². The minimum absolute atomic E-state index is 1.09. The fraction of sp³-hybridized carbons (Fsp3) is 0. The molecule has 0 heterocycles. The van der Waals surface area contributed by atoms with Gasteiger partial charge in [0.2, 0.25) is 0 Å². The number of nitrogens with zero attached hydrogens (tertiary/aromatic N) is 1. The van der Waals surface area contributed by atoms with Crippen LogP contribution in [0.15, 0.2) is 224 Å². The van der Waals surface area contributed by atoms with Crippen LogP contribution < -0.4 is 4.90 Å². The first-order valence-electron chi connectivity index (χ1n) is 18.2. The van der Waals surface area contributed by atoms with Gasteiger partial charge in [0.15, 0.2) is 0 Å². The van der Waals surface area contributed by atoms with E-state index in [1.54, 1.807) is 0 Å². The number of fused-ring (bicyclic) bond motifs is 1. The van der Waals surface area contributed by atoms with Crippen molar-refractivity contribution in [2.45, 2.75) is 0 Å². The second kappa shape index (κ2) is 14.3. The van der Waals surface area contributed by atoms with Crippen LogP contribution in [0.4, 0.5) is 17.1 Å². The van der Waals surface area contributed by atoms with E-state index in [9.17, 15) is 0 Å². The number of hydrogen-bond donors (Lipinski definition) is 0. The molecule has 0 aromatic heterocycles. The topological polar surface area (TPSA) is 3.24 Å². The zero-order valence-corrected chi connectivity index (χ0v) is 29.3. The van der Waals surface area contributed by atoms with Crippen molar-refractivity contribution in [1.29, 1.82) is 0 Å². The summed E-state index contributed by atoms with van der Waals surface area (Å²) in [5.74, 6) is 0. The minimum atomic E-state index is 1.09. The molecule has 9 aromatic carbocycles. The molecule has 0 spiro atoms. The lowest BCUT2D eigenvalue weighted by molar-refractivity contribution is 1.28. The number of hydrogen-bond acceptors (Lipinski definition) is 1. The molecule has 0 N–H and O–H groups in total. The molecule has 0 atom stereocenters. The Kier molecular flexibility index (Phi) is 8.66. The lowest BCUT2D eigenvalue weighted by Crippen LogP contribution is -2.11. The zero-order chi connectivity index (χ0) is 35.4. The van der Waals surface area contributed by atoms with E-state index in [-0.39, 0.29) is 0 Å². The average molecular weight is 676 g/mol. The van der Waals surface area contributed by atoms with Crippen LogP contribution in [0, 0.1) is 0 Å². The molecule has 53 heavy (non-hydrogen) atoms. The van der Waals surface area contributed by atoms with Gasteiger partial charge in [0.25, 0.3) is 0 Å². The van der Waals surface area contributed by atoms with Crippen molar-refractivity contribution in [1.82, 2.24) is 0 Å². The quantitative estimate of drug-likeness (QED) is 0.155. The Morgan fingerprint density at radius 2 is 0.698 bits per heavy atom. The lowest BCUT2D eigenvalue weighted by Gasteiger charge is -2.29. The zero-order valence-electron chi connectivity index (χ0n) is 29.3. The van der Waals surface area contributed by atoms with Crippen molar-refractivity contribution in [2.24, 2.45) is 0 Å². The van der Waals surface area contributed by atoms with E-state index in [0.29, 0.717) is 0 Å². The molecule has 1 heteroatoms. The van der Waals surface area contributed by atoms with Crippen molar-refractivity contribution < 1.29 is 0 Å². The number of anilines is 3. The summed E-state index contributed by atoms with van der Waals surface area (Å²) >= 11 is 0. The molecule has 9 rings (SSSR count). The SMILES string of the molecule is c1ccc(-c2ccc(N(c3ccc(-c4cccc(-c5cccc6ccccc56)c4)cc3)c3ccccc3-c3ccccc3-c3ccccc3)cc2)cc1. The molecule has 9 aromatic rings. The summed E-state index contributed by atoms with van der Waals surface area (Å²) in [7, 11) is 0. The maximum atomic E-state index is 2.39. The Bertz CT molecular complexity index is 2640. The van der Waals surface area contributed by atoms with Crippen LogP contribution >= 0.6 is 0 Å². The van der Waals surface area contributed by atoms with Gasteiger partial charge in [-0.1, -0.05) is 188 Å². The third-order valence-electron chi connectivity index (χ3n) is 10.1. The third-order valence-corrected chi connectivity index (χ3v) is 10.1. The number of rotatable bonds is 8. The Balaban J connectivity index is 1.15. The smallest absolute Gasteiger partial charge is 0.0540 e.